The van der Waals surface area contributed by atoms with Gasteiger partial charge in [-0.15, -0.1) is 0 Å². The van der Waals surface area contributed by atoms with Crippen molar-refractivity contribution in [1.82, 2.24) is 10.2 Å². The third-order valence-corrected chi connectivity index (χ3v) is 4.60. The summed E-state index contributed by atoms with van der Waals surface area (Å²) < 4.78 is 19.2. The van der Waals surface area contributed by atoms with E-state index in [1.54, 1.807) is 6.07 Å². The largest absolute Gasteiger partial charge is 0.493 e. The summed E-state index contributed by atoms with van der Waals surface area (Å²) in [5.74, 6) is -1.18. The van der Waals surface area contributed by atoms with Gasteiger partial charge < -0.3 is 20.1 Å². The van der Waals surface area contributed by atoms with Crippen molar-refractivity contribution in [3.63, 3.8) is 0 Å². The number of carbonyl (C=O) groups excluding carboxylic acids is 1. The number of likely N-dealkylation sites (tertiary alicyclic amines) is 1. The van der Waals surface area contributed by atoms with Crippen molar-refractivity contribution in [2.24, 2.45) is 5.92 Å². The van der Waals surface area contributed by atoms with E-state index in [4.69, 9.17) is 9.84 Å². The first-order chi connectivity index (χ1) is 11.5. The van der Waals surface area contributed by atoms with Gasteiger partial charge in [0.2, 0.25) is 0 Å². The highest BCUT2D eigenvalue weighted by Gasteiger charge is 2.30. The molecule has 0 aromatic heterocycles. The lowest BCUT2D eigenvalue weighted by atomic mass is 9.98. The number of rotatable bonds is 2. The van der Waals surface area contributed by atoms with Crippen LogP contribution in [0.1, 0.15) is 37.3 Å². The van der Waals surface area contributed by atoms with Crippen molar-refractivity contribution in [1.29, 1.82) is 0 Å². The molecule has 0 spiro atoms. The number of aliphatic carboxylic acids is 1. The van der Waals surface area contributed by atoms with Crippen LogP contribution in [0.5, 0.6) is 5.75 Å². The summed E-state index contributed by atoms with van der Waals surface area (Å²) in [7, 11) is 0. The van der Waals surface area contributed by atoms with Gasteiger partial charge in [-0.25, -0.2) is 9.18 Å². The molecule has 0 bridgehead atoms. The summed E-state index contributed by atoms with van der Waals surface area (Å²) in [5.41, 5.74) is 0.632. The minimum absolute atomic E-state index is 0.209. The molecule has 0 saturated carbocycles. The summed E-state index contributed by atoms with van der Waals surface area (Å²) in [6.07, 6.45) is 2.66. The summed E-state index contributed by atoms with van der Waals surface area (Å²) in [6.45, 7) is 1.27. The van der Waals surface area contributed by atoms with Gasteiger partial charge in [-0.2, -0.15) is 0 Å². The number of amides is 2. The first-order valence-electron chi connectivity index (χ1n) is 8.25. The van der Waals surface area contributed by atoms with Gasteiger partial charge in [0.1, 0.15) is 11.6 Å². The van der Waals surface area contributed by atoms with Crippen LogP contribution >= 0.6 is 0 Å². The lowest BCUT2D eigenvalue weighted by Gasteiger charge is -2.32. The van der Waals surface area contributed by atoms with Gasteiger partial charge >= 0.3 is 12.0 Å². The normalized spacial score (nSPS) is 23.6. The van der Waals surface area contributed by atoms with E-state index in [0.29, 0.717) is 43.7 Å². The molecule has 2 atom stereocenters. The van der Waals surface area contributed by atoms with Crippen molar-refractivity contribution in [3.8, 4) is 5.75 Å². The predicted molar refractivity (Wildman–Crippen MR) is 84.3 cm³/mol. The van der Waals surface area contributed by atoms with E-state index in [1.165, 1.54) is 17.0 Å². The molecule has 0 aliphatic carbocycles. The van der Waals surface area contributed by atoms with E-state index in [-0.39, 0.29) is 24.4 Å². The van der Waals surface area contributed by atoms with Crippen molar-refractivity contribution in [2.45, 2.75) is 31.7 Å². The summed E-state index contributed by atoms with van der Waals surface area (Å²) in [4.78, 5) is 25.2. The molecule has 2 amide bonds. The van der Waals surface area contributed by atoms with Crippen LogP contribution in [-0.2, 0) is 4.79 Å². The number of hydrogen-bond donors (Lipinski definition) is 2. The number of carboxylic acid groups (broad SMARTS) is 1. The van der Waals surface area contributed by atoms with Crippen LogP contribution in [0.15, 0.2) is 18.2 Å². The number of benzene rings is 1. The smallest absolute Gasteiger partial charge is 0.317 e. The molecule has 2 heterocycles. The van der Waals surface area contributed by atoms with Gasteiger partial charge in [0, 0.05) is 18.7 Å². The fraction of sp³-hybridized carbons (Fsp3) is 0.529. The molecule has 1 aromatic carbocycles. The minimum atomic E-state index is -0.872. The average molecular weight is 336 g/mol. The van der Waals surface area contributed by atoms with E-state index in [0.717, 1.165) is 6.42 Å². The van der Waals surface area contributed by atoms with Gasteiger partial charge in [0.25, 0.3) is 0 Å². The van der Waals surface area contributed by atoms with E-state index in [1.807, 2.05) is 0 Å². The average Bonchev–Trinajstić information content (AvgIpc) is 2.77. The monoisotopic (exact) mass is 336 g/mol. The maximum atomic E-state index is 13.6. The van der Waals surface area contributed by atoms with Gasteiger partial charge in [-0.1, -0.05) is 0 Å². The molecule has 7 heteroatoms. The molecular formula is C17H21FN2O4. The highest BCUT2D eigenvalue weighted by Crippen LogP contribution is 2.32. The standard InChI is InChI=1S/C17H21FN2O4/c18-12-5-6-15-13(9-12)14(4-2-8-24-15)19-17(23)20-7-1-3-11(10-20)16(21)22/h5-6,9,11,14H,1-4,7-8,10H2,(H,19,23)(H,21,22). The first-order valence-corrected chi connectivity index (χ1v) is 8.25. The number of carbonyl (C=O) groups is 2. The van der Waals surface area contributed by atoms with Crippen LogP contribution in [0.25, 0.3) is 0 Å². The van der Waals surface area contributed by atoms with E-state index >= 15 is 0 Å². The Bertz CT molecular complexity index is 637. The first kappa shape index (κ1) is 16.5. The Morgan fingerprint density at radius 2 is 2.12 bits per heavy atom. The van der Waals surface area contributed by atoms with Gasteiger partial charge in [0.15, 0.2) is 0 Å². The highest BCUT2D eigenvalue weighted by molar-refractivity contribution is 5.77. The van der Waals surface area contributed by atoms with E-state index in [2.05, 4.69) is 5.32 Å². The van der Waals surface area contributed by atoms with Crippen molar-refractivity contribution in [2.75, 3.05) is 19.7 Å². The lowest BCUT2D eigenvalue weighted by molar-refractivity contribution is -0.143. The molecule has 3 rings (SSSR count). The molecule has 130 valence electrons. The number of nitrogens with one attached hydrogen (secondary N) is 1. The van der Waals surface area contributed by atoms with Crippen LogP contribution in [0.2, 0.25) is 0 Å². The van der Waals surface area contributed by atoms with Crippen molar-refractivity contribution in [3.05, 3.63) is 29.6 Å². The molecular weight excluding hydrogens is 315 g/mol. The van der Waals surface area contributed by atoms with Gasteiger partial charge in [-0.3, -0.25) is 4.79 Å². The van der Waals surface area contributed by atoms with Crippen LogP contribution in [-0.4, -0.2) is 41.7 Å². The molecule has 24 heavy (non-hydrogen) atoms. The summed E-state index contributed by atoms with van der Waals surface area (Å²) >= 11 is 0. The second-order valence-electron chi connectivity index (χ2n) is 6.30. The fourth-order valence-electron chi connectivity index (χ4n) is 3.30. The Labute approximate surface area is 139 Å². The molecule has 1 fully saturated rings. The molecule has 6 nitrogen and oxygen atoms in total. The zero-order valence-electron chi connectivity index (χ0n) is 13.3. The Morgan fingerprint density at radius 3 is 2.92 bits per heavy atom. The molecule has 1 aromatic rings. The third-order valence-electron chi connectivity index (χ3n) is 4.60. The van der Waals surface area contributed by atoms with E-state index in [9.17, 15) is 14.0 Å². The number of ether oxygens (including phenoxy) is 1. The predicted octanol–water partition coefficient (Wildman–Crippen LogP) is 2.55. The number of nitrogens with zero attached hydrogens (tertiary/aromatic N) is 1. The second-order valence-corrected chi connectivity index (χ2v) is 6.30. The number of piperidine rings is 1. The maximum absolute atomic E-state index is 13.6. The number of urea groups is 1. The van der Waals surface area contributed by atoms with Gasteiger partial charge in [0.05, 0.1) is 18.6 Å². The maximum Gasteiger partial charge on any atom is 0.317 e. The van der Waals surface area contributed by atoms with Crippen molar-refractivity contribution < 1.29 is 23.8 Å². The Hall–Kier alpha value is -2.31. The van der Waals surface area contributed by atoms with Gasteiger partial charge in [-0.05, 0) is 43.9 Å². The molecule has 2 aliphatic rings. The zero-order valence-corrected chi connectivity index (χ0v) is 13.3. The quantitative estimate of drug-likeness (QED) is 0.870. The van der Waals surface area contributed by atoms with Crippen LogP contribution in [0.3, 0.4) is 0 Å². The second kappa shape index (κ2) is 7.07. The number of carboxylic acids is 1. The highest BCUT2D eigenvalue weighted by atomic mass is 19.1. The summed E-state index contributed by atoms with van der Waals surface area (Å²) in [6, 6.07) is 3.67. The lowest BCUT2D eigenvalue weighted by Crippen LogP contribution is -2.47. The van der Waals surface area contributed by atoms with Crippen LogP contribution in [0.4, 0.5) is 9.18 Å². The Kier molecular flexibility index (Phi) is 4.87. The SMILES string of the molecule is O=C(O)C1CCCN(C(=O)NC2CCCOc3ccc(F)cc32)C1. The molecule has 2 N–H and O–H groups in total. The number of hydrogen-bond acceptors (Lipinski definition) is 3. The molecule has 0 radical (unpaired) electrons. The Balaban J connectivity index is 1.72. The molecule has 2 unspecified atom stereocenters. The van der Waals surface area contributed by atoms with Crippen LogP contribution < -0.4 is 10.1 Å². The molecule has 1 saturated heterocycles. The summed E-state index contributed by atoms with van der Waals surface area (Å²) in [5, 5.41) is 12.1. The van der Waals surface area contributed by atoms with Crippen LogP contribution in [0, 0.1) is 11.7 Å². The fourth-order valence-corrected chi connectivity index (χ4v) is 3.30. The Morgan fingerprint density at radius 1 is 1.29 bits per heavy atom. The third kappa shape index (κ3) is 3.60. The minimum Gasteiger partial charge on any atom is -0.493 e. The van der Waals surface area contributed by atoms with Crippen molar-refractivity contribution >= 4 is 12.0 Å². The van der Waals surface area contributed by atoms with E-state index < -0.39 is 11.9 Å². The molecule has 2 aliphatic heterocycles. The zero-order chi connectivity index (χ0) is 17.1. The topological polar surface area (TPSA) is 78.9 Å². The number of fused-ring (bicyclic) bond motifs is 1. The number of halogens is 1.